The van der Waals surface area contributed by atoms with E-state index in [-0.39, 0.29) is 24.0 Å². The number of nitrogens with one attached hydrogen (secondary N) is 2. The predicted molar refractivity (Wildman–Crippen MR) is 125 cm³/mol. The van der Waals surface area contributed by atoms with E-state index in [9.17, 15) is 26.3 Å². The Labute approximate surface area is 212 Å². The number of aromatic amines is 1. The highest BCUT2D eigenvalue weighted by molar-refractivity contribution is 5.73. The monoisotopic (exact) mass is 534 g/mol. The summed E-state index contributed by atoms with van der Waals surface area (Å²) in [5.41, 5.74) is 3.88. The second-order valence-electron chi connectivity index (χ2n) is 8.52. The van der Waals surface area contributed by atoms with E-state index in [2.05, 4.69) is 20.5 Å². The van der Waals surface area contributed by atoms with Crippen molar-refractivity contribution in [1.29, 1.82) is 0 Å². The van der Waals surface area contributed by atoms with Gasteiger partial charge in [0.15, 0.2) is 5.82 Å². The molecule has 0 fully saturated rings. The van der Waals surface area contributed by atoms with Gasteiger partial charge in [0.2, 0.25) is 0 Å². The molecule has 1 heterocycles. The average Bonchev–Trinajstić information content (AvgIpc) is 3.53. The molecule has 12 heteroatoms. The SMILES string of the molecule is Fc1ccc2c(c1)C[C@@H](NCc1c(F)cc(-c3cccc(-c4nc[nH]n4)c3)cc1F)C2.O=C(O)C(F)(F)F. The number of rotatable bonds is 5. The molecule has 0 unspecified atom stereocenters. The predicted octanol–water partition coefficient (Wildman–Crippen LogP) is 5.45. The molecule has 1 aromatic heterocycles. The maximum absolute atomic E-state index is 14.8. The molecule has 198 valence electrons. The molecule has 6 nitrogen and oxygen atoms in total. The van der Waals surface area contributed by atoms with Gasteiger partial charge in [0.1, 0.15) is 23.8 Å². The third-order valence-electron chi connectivity index (χ3n) is 5.92. The van der Waals surface area contributed by atoms with Crippen LogP contribution < -0.4 is 5.32 Å². The largest absolute Gasteiger partial charge is 0.490 e. The lowest BCUT2D eigenvalue weighted by atomic mass is 10.0. The van der Waals surface area contributed by atoms with Gasteiger partial charge in [-0.3, -0.25) is 5.10 Å². The molecule has 1 aliphatic rings. The number of fused-ring (bicyclic) bond motifs is 1. The molecule has 5 rings (SSSR count). The first-order valence-corrected chi connectivity index (χ1v) is 11.3. The van der Waals surface area contributed by atoms with Gasteiger partial charge in [-0.1, -0.05) is 24.3 Å². The Balaban J connectivity index is 0.000000426. The normalized spacial score (nSPS) is 14.5. The molecule has 0 saturated carbocycles. The Morgan fingerprint density at radius 1 is 0.947 bits per heavy atom. The van der Waals surface area contributed by atoms with Crippen molar-refractivity contribution >= 4 is 5.97 Å². The molecule has 4 aromatic rings. The number of halogens is 6. The van der Waals surface area contributed by atoms with Crippen molar-refractivity contribution in [2.75, 3.05) is 0 Å². The number of nitrogens with zero attached hydrogens (tertiary/aromatic N) is 2. The summed E-state index contributed by atoms with van der Waals surface area (Å²) in [7, 11) is 0. The minimum Gasteiger partial charge on any atom is -0.475 e. The van der Waals surface area contributed by atoms with E-state index < -0.39 is 23.8 Å². The number of carboxylic acid groups (broad SMARTS) is 1. The molecule has 38 heavy (non-hydrogen) atoms. The minimum absolute atomic E-state index is 0.00370. The standard InChI is InChI=1S/C24H19F3N4.C2HF3O2/c25-19-5-4-15-8-20(9-17(15)7-19)28-12-21-22(26)10-18(11-23(21)27)14-2-1-3-16(6-14)24-29-13-30-31-24;3-2(4,5)1(6)7/h1-7,10-11,13,20,28H,8-9,12H2,(H,29,30,31);(H,6,7)/t20-;/m0./s1. The second kappa shape index (κ2) is 11.1. The van der Waals surface area contributed by atoms with Crippen LogP contribution in [0.25, 0.3) is 22.5 Å². The van der Waals surface area contributed by atoms with Crippen molar-refractivity contribution in [2.45, 2.75) is 31.6 Å². The molecule has 0 radical (unpaired) electrons. The van der Waals surface area contributed by atoms with Gasteiger partial charge in [-0.15, -0.1) is 0 Å². The van der Waals surface area contributed by atoms with Gasteiger partial charge in [-0.05, 0) is 65.4 Å². The highest BCUT2D eigenvalue weighted by Gasteiger charge is 2.38. The number of aliphatic carboxylic acids is 1. The first kappa shape index (κ1) is 26.9. The van der Waals surface area contributed by atoms with Crippen LogP contribution in [0.1, 0.15) is 16.7 Å². The van der Waals surface area contributed by atoms with Crippen molar-refractivity contribution in [2.24, 2.45) is 0 Å². The molecule has 1 aliphatic carbocycles. The fraction of sp³-hybridized carbons (Fsp3) is 0.192. The molecular weight excluding hydrogens is 514 g/mol. The van der Waals surface area contributed by atoms with Crippen LogP contribution in [-0.4, -0.2) is 38.5 Å². The van der Waals surface area contributed by atoms with Gasteiger partial charge in [-0.2, -0.15) is 18.3 Å². The van der Waals surface area contributed by atoms with Gasteiger partial charge in [0.25, 0.3) is 0 Å². The summed E-state index contributed by atoms with van der Waals surface area (Å²) in [4.78, 5) is 13.0. The van der Waals surface area contributed by atoms with Crippen LogP contribution in [0.2, 0.25) is 0 Å². The van der Waals surface area contributed by atoms with Gasteiger partial charge >= 0.3 is 12.1 Å². The van der Waals surface area contributed by atoms with Crippen LogP contribution in [0.15, 0.2) is 60.9 Å². The quantitative estimate of drug-likeness (QED) is 0.297. The number of hydrogen-bond acceptors (Lipinski definition) is 4. The van der Waals surface area contributed by atoms with Crippen molar-refractivity contribution in [3.05, 3.63) is 95.1 Å². The number of benzene rings is 3. The maximum atomic E-state index is 14.8. The number of H-pyrrole nitrogens is 1. The number of hydrogen-bond donors (Lipinski definition) is 3. The summed E-state index contributed by atoms with van der Waals surface area (Å²) in [5.74, 6) is -3.72. The summed E-state index contributed by atoms with van der Waals surface area (Å²) >= 11 is 0. The van der Waals surface area contributed by atoms with Crippen LogP contribution in [0.4, 0.5) is 26.3 Å². The zero-order valence-corrected chi connectivity index (χ0v) is 19.5. The van der Waals surface area contributed by atoms with Gasteiger partial charge in [-0.25, -0.2) is 22.9 Å². The van der Waals surface area contributed by atoms with E-state index in [1.165, 1.54) is 30.6 Å². The fourth-order valence-corrected chi connectivity index (χ4v) is 4.10. The van der Waals surface area contributed by atoms with Gasteiger partial charge < -0.3 is 10.4 Å². The summed E-state index contributed by atoms with van der Waals surface area (Å²) in [6.45, 7) is 0.0658. The van der Waals surface area contributed by atoms with Gasteiger partial charge in [0, 0.05) is 23.7 Å². The van der Waals surface area contributed by atoms with Crippen molar-refractivity contribution in [1.82, 2.24) is 20.5 Å². The van der Waals surface area contributed by atoms with Crippen LogP contribution in [0.3, 0.4) is 0 Å². The minimum atomic E-state index is -5.08. The summed E-state index contributed by atoms with van der Waals surface area (Å²) in [6, 6.07) is 14.7. The van der Waals surface area contributed by atoms with Crippen molar-refractivity contribution in [3.63, 3.8) is 0 Å². The van der Waals surface area contributed by atoms with Crippen LogP contribution in [-0.2, 0) is 24.2 Å². The fourth-order valence-electron chi connectivity index (χ4n) is 4.10. The Kier molecular flexibility index (Phi) is 7.81. The molecule has 0 aliphatic heterocycles. The van der Waals surface area contributed by atoms with Crippen molar-refractivity contribution in [3.8, 4) is 22.5 Å². The molecule has 0 spiro atoms. The molecule has 3 aromatic carbocycles. The molecular formula is C26H20F6N4O2. The van der Waals surface area contributed by atoms with E-state index in [0.717, 1.165) is 16.7 Å². The summed E-state index contributed by atoms with van der Waals surface area (Å²) in [6.07, 6.45) is -2.25. The second-order valence-corrected chi connectivity index (χ2v) is 8.52. The lowest BCUT2D eigenvalue weighted by Gasteiger charge is -2.14. The first-order valence-electron chi connectivity index (χ1n) is 11.3. The number of carboxylic acids is 1. The molecule has 0 saturated heterocycles. The Morgan fingerprint density at radius 3 is 2.24 bits per heavy atom. The smallest absolute Gasteiger partial charge is 0.475 e. The zero-order valence-electron chi connectivity index (χ0n) is 19.5. The lowest BCUT2D eigenvalue weighted by molar-refractivity contribution is -0.192. The number of carbonyl (C=O) groups is 1. The topological polar surface area (TPSA) is 90.9 Å². The molecule has 0 bridgehead atoms. The maximum Gasteiger partial charge on any atom is 0.490 e. The highest BCUT2D eigenvalue weighted by Crippen LogP contribution is 2.28. The first-order chi connectivity index (χ1) is 18.0. The average molecular weight is 534 g/mol. The zero-order chi connectivity index (χ0) is 27.4. The number of alkyl halides is 3. The van der Waals surface area contributed by atoms with E-state index in [1.807, 2.05) is 6.07 Å². The van der Waals surface area contributed by atoms with Crippen LogP contribution in [0.5, 0.6) is 0 Å². The van der Waals surface area contributed by atoms with E-state index in [1.54, 1.807) is 24.3 Å². The Morgan fingerprint density at radius 2 is 1.61 bits per heavy atom. The molecule has 3 N–H and O–H groups in total. The Hall–Kier alpha value is -4.19. The summed E-state index contributed by atoms with van der Waals surface area (Å²) in [5, 5.41) is 17.0. The van der Waals surface area contributed by atoms with Crippen LogP contribution in [0, 0.1) is 17.5 Å². The van der Waals surface area contributed by atoms with E-state index in [0.29, 0.717) is 29.8 Å². The molecule has 1 atom stereocenters. The van der Waals surface area contributed by atoms with Gasteiger partial charge in [0.05, 0.1) is 0 Å². The number of aromatic nitrogens is 3. The molecule has 0 amide bonds. The third kappa shape index (κ3) is 6.38. The Bertz CT molecular complexity index is 1420. The highest BCUT2D eigenvalue weighted by atomic mass is 19.4. The van der Waals surface area contributed by atoms with Crippen molar-refractivity contribution < 1.29 is 36.2 Å². The van der Waals surface area contributed by atoms with E-state index >= 15 is 0 Å². The third-order valence-corrected chi connectivity index (χ3v) is 5.92. The van der Waals surface area contributed by atoms with E-state index in [4.69, 9.17) is 9.90 Å². The van der Waals surface area contributed by atoms with Crippen LogP contribution >= 0.6 is 0 Å². The lowest BCUT2D eigenvalue weighted by Crippen LogP contribution is -2.29. The summed E-state index contributed by atoms with van der Waals surface area (Å²) < 4.78 is 74.7.